The number of halogens is 3. The van der Waals surface area contributed by atoms with Crippen molar-refractivity contribution >= 4 is 17.3 Å². The Morgan fingerprint density at radius 1 is 1.32 bits per heavy atom. The fourth-order valence-corrected chi connectivity index (χ4v) is 2.68. The van der Waals surface area contributed by atoms with Crippen molar-refractivity contribution in [2.75, 3.05) is 23.7 Å². The molecule has 0 atom stereocenters. The van der Waals surface area contributed by atoms with Gasteiger partial charge in [0, 0.05) is 24.5 Å². The molecule has 2 rings (SSSR count). The summed E-state index contributed by atoms with van der Waals surface area (Å²) in [5, 5.41) is 18.9. The van der Waals surface area contributed by atoms with Gasteiger partial charge >= 0.3 is 12.1 Å². The number of hydrogen-bond acceptors (Lipinski definition) is 4. The van der Waals surface area contributed by atoms with Crippen LogP contribution in [0.2, 0.25) is 0 Å². The molecule has 0 aromatic heterocycles. The average molecular weight is 318 g/mol. The van der Waals surface area contributed by atoms with Gasteiger partial charge in [-0.3, -0.25) is 4.79 Å². The molecule has 0 saturated carbocycles. The van der Waals surface area contributed by atoms with E-state index in [0.717, 1.165) is 6.07 Å². The Morgan fingerprint density at radius 2 is 1.91 bits per heavy atom. The van der Waals surface area contributed by atoms with Crippen LogP contribution in [-0.4, -0.2) is 34.9 Å². The second kappa shape index (κ2) is 5.68. The summed E-state index contributed by atoms with van der Waals surface area (Å²) >= 11 is 0. The molecule has 1 heterocycles. The summed E-state index contributed by atoms with van der Waals surface area (Å²) in [5.41, 5.74) is 3.26. The minimum Gasteiger partial charge on any atom is -0.481 e. The van der Waals surface area contributed by atoms with E-state index in [9.17, 15) is 23.1 Å². The topological polar surface area (TPSA) is 86.8 Å². The molecule has 0 aliphatic carbocycles. The van der Waals surface area contributed by atoms with Gasteiger partial charge in [-0.1, -0.05) is 0 Å². The number of rotatable bonds is 3. The van der Waals surface area contributed by atoms with Crippen LogP contribution in [0.1, 0.15) is 24.8 Å². The van der Waals surface area contributed by atoms with Crippen molar-refractivity contribution < 1.29 is 28.2 Å². The zero-order valence-electron chi connectivity index (χ0n) is 11.7. The third kappa shape index (κ3) is 3.62. The molecule has 4 N–H and O–H groups in total. The maximum absolute atomic E-state index is 13.1. The molecule has 122 valence electrons. The third-order valence-corrected chi connectivity index (χ3v) is 3.84. The van der Waals surface area contributed by atoms with Gasteiger partial charge in [0.15, 0.2) is 0 Å². The quantitative estimate of drug-likeness (QED) is 0.743. The molecular formula is C14H17F3N2O3. The normalized spacial score (nSPS) is 18.3. The van der Waals surface area contributed by atoms with Crippen molar-refractivity contribution in [3.05, 3.63) is 23.8 Å². The predicted molar refractivity (Wildman–Crippen MR) is 74.5 cm³/mol. The standard InChI is InChI=1S/C14H17F3N2O3/c15-14(16,17)10-7-9(18)1-2-11(10)19-5-3-13(22,4-6-19)8-12(20)21/h1-2,7,22H,3-6,8,18H2,(H,20,21). The van der Waals surface area contributed by atoms with Gasteiger partial charge in [-0.25, -0.2) is 0 Å². The van der Waals surface area contributed by atoms with Crippen LogP contribution in [0.4, 0.5) is 24.5 Å². The number of carboxylic acids is 1. The second-order valence-electron chi connectivity index (χ2n) is 5.56. The first-order chi connectivity index (χ1) is 10.1. The van der Waals surface area contributed by atoms with Crippen molar-refractivity contribution in [3.8, 4) is 0 Å². The van der Waals surface area contributed by atoms with Crippen LogP contribution in [0.25, 0.3) is 0 Å². The van der Waals surface area contributed by atoms with Crippen LogP contribution in [0.3, 0.4) is 0 Å². The highest BCUT2D eigenvalue weighted by Crippen LogP contribution is 2.39. The first-order valence-corrected chi connectivity index (χ1v) is 6.77. The highest BCUT2D eigenvalue weighted by Gasteiger charge is 2.38. The van der Waals surface area contributed by atoms with Crippen LogP contribution >= 0.6 is 0 Å². The molecule has 0 spiro atoms. The number of aliphatic hydroxyl groups is 1. The summed E-state index contributed by atoms with van der Waals surface area (Å²) < 4.78 is 39.3. The van der Waals surface area contributed by atoms with Crippen LogP contribution in [0, 0.1) is 0 Å². The van der Waals surface area contributed by atoms with Gasteiger partial charge in [-0.15, -0.1) is 0 Å². The van der Waals surface area contributed by atoms with E-state index >= 15 is 0 Å². The molecule has 0 bridgehead atoms. The Morgan fingerprint density at radius 3 is 2.41 bits per heavy atom. The van der Waals surface area contributed by atoms with Gasteiger partial charge in [0.05, 0.1) is 17.6 Å². The van der Waals surface area contributed by atoms with Gasteiger partial charge in [0.2, 0.25) is 0 Å². The molecular weight excluding hydrogens is 301 g/mol. The number of carboxylic acid groups (broad SMARTS) is 1. The van der Waals surface area contributed by atoms with E-state index in [4.69, 9.17) is 10.8 Å². The van der Waals surface area contributed by atoms with Crippen LogP contribution in [0.5, 0.6) is 0 Å². The van der Waals surface area contributed by atoms with E-state index < -0.39 is 29.7 Å². The number of alkyl halides is 3. The zero-order chi connectivity index (χ0) is 16.5. The molecule has 1 aromatic rings. The van der Waals surface area contributed by atoms with Gasteiger partial charge in [-0.2, -0.15) is 13.2 Å². The molecule has 0 radical (unpaired) electrons. The van der Waals surface area contributed by atoms with E-state index in [0.29, 0.717) is 0 Å². The highest BCUT2D eigenvalue weighted by molar-refractivity contribution is 5.68. The first-order valence-electron chi connectivity index (χ1n) is 6.77. The van der Waals surface area contributed by atoms with E-state index in [1.807, 2.05) is 0 Å². The van der Waals surface area contributed by atoms with E-state index in [2.05, 4.69) is 0 Å². The Bertz CT molecular complexity index is 567. The van der Waals surface area contributed by atoms with E-state index in [-0.39, 0.29) is 37.3 Å². The molecule has 1 fully saturated rings. The van der Waals surface area contributed by atoms with Crippen LogP contribution < -0.4 is 10.6 Å². The van der Waals surface area contributed by atoms with E-state index in [1.54, 1.807) is 0 Å². The average Bonchev–Trinajstić information content (AvgIpc) is 2.37. The number of carbonyl (C=O) groups is 1. The third-order valence-electron chi connectivity index (χ3n) is 3.84. The minimum absolute atomic E-state index is 0.000856. The fraction of sp³-hybridized carbons (Fsp3) is 0.500. The highest BCUT2D eigenvalue weighted by atomic mass is 19.4. The smallest absolute Gasteiger partial charge is 0.418 e. The zero-order valence-corrected chi connectivity index (χ0v) is 11.7. The number of anilines is 2. The monoisotopic (exact) mass is 318 g/mol. The lowest BCUT2D eigenvalue weighted by molar-refractivity contribution is -0.143. The summed E-state index contributed by atoms with van der Waals surface area (Å²) in [6.45, 7) is 0.299. The number of nitrogens with two attached hydrogens (primary N) is 1. The molecule has 0 amide bonds. The second-order valence-corrected chi connectivity index (χ2v) is 5.56. The van der Waals surface area contributed by atoms with Gasteiger partial charge in [0.25, 0.3) is 0 Å². The number of nitrogens with zero attached hydrogens (tertiary/aromatic N) is 1. The molecule has 1 aromatic carbocycles. The summed E-state index contributed by atoms with van der Waals surface area (Å²) in [6.07, 6.45) is -4.74. The van der Waals surface area contributed by atoms with Crippen molar-refractivity contribution in [1.29, 1.82) is 0 Å². The van der Waals surface area contributed by atoms with Crippen LogP contribution in [0.15, 0.2) is 18.2 Å². The predicted octanol–water partition coefficient (Wildman–Crippen LogP) is 2.09. The van der Waals surface area contributed by atoms with Crippen molar-refractivity contribution in [2.24, 2.45) is 0 Å². The van der Waals surface area contributed by atoms with Gasteiger partial charge in [-0.05, 0) is 31.0 Å². The number of hydrogen-bond donors (Lipinski definition) is 3. The maximum atomic E-state index is 13.1. The minimum atomic E-state index is -4.53. The molecule has 5 nitrogen and oxygen atoms in total. The SMILES string of the molecule is Nc1ccc(N2CCC(O)(CC(=O)O)CC2)c(C(F)(F)F)c1. The summed E-state index contributed by atoms with van der Waals surface area (Å²) in [5.74, 6) is -1.13. The fourth-order valence-electron chi connectivity index (χ4n) is 2.68. The maximum Gasteiger partial charge on any atom is 0.418 e. The summed E-state index contributed by atoms with van der Waals surface area (Å²) in [4.78, 5) is 12.2. The Hall–Kier alpha value is -1.96. The number of benzene rings is 1. The molecule has 1 aliphatic rings. The Balaban J connectivity index is 2.20. The number of nitrogen functional groups attached to an aromatic ring is 1. The molecule has 22 heavy (non-hydrogen) atoms. The first kappa shape index (κ1) is 16.4. The number of aliphatic carboxylic acids is 1. The Kier molecular flexibility index (Phi) is 4.23. The largest absolute Gasteiger partial charge is 0.481 e. The van der Waals surface area contributed by atoms with Crippen LogP contribution in [-0.2, 0) is 11.0 Å². The molecule has 1 aliphatic heterocycles. The lowest BCUT2D eigenvalue weighted by atomic mass is 9.88. The van der Waals surface area contributed by atoms with Gasteiger partial charge in [0.1, 0.15) is 0 Å². The number of piperidine rings is 1. The molecule has 0 unspecified atom stereocenters. The molecule has 8 heteroatoms. The van der Waals surface area contributed by atoms with Gasteiger partial charge < -0.3 is 20.8 Å². The van der Waals surface area contributed by atoms with Crippen molar-refractivity contribution in [1.82, 2.24) is 0 Å². The lowest BCUT2D eigenvalue weighted by Gasteiger charge is -2.39. The lowest BCUT2D eigenvalue weighted by Crippen LogP contribution is -2.46. The molecule has 1 saturated heterocycles. The summed E-state index contributed by atoms with van der Waals surface area (Å²) in [6, 6.07) is 3.58. The van der Waals surface area contributed by atoms with E-state index in [1.165, 1.54) is 17.0 Å². The summed E-state index contributed by atoms with van der Waals surface area (Å²) in [7, 11) is 0. The Labute approximate surface area is 125 Å². The van der Waals surface area contributed by atoms with Crippen molar-refractivity contribution in [3.63, 3.8) is 0 Å². The van der Waals surface area contributed by atoms with Crippen molar-refractivity contribution in [2.45, 2.75) is 31.0 Å².